The molecule has 0 spiro atoms. The summed E-state index contributed by atoms with van der Waals surface area (Å²) < 4.78 is 11.6. The van der Waals surface area contributed by atoms with Gasteiger partial charge in [-0.25, -0.2) is 0 Å². The third-order valence-corrected chi connectivity index (χ3v) is 6.57. The summed E-state index contributed by atoms with van der Waals surface area (Å²) in [5.41, 5.74) is -0.926. The third-order valence-electron chi connectivity index (χ3n) is 6.57. The Labute approximate surface area is 170 Å². The molecule has 162 valence electrons. The van der Waals surface area contributed by atoms with Gasteiger partial charge in [-0.1, -0.05) is 6.92 Å². The molecule has 2 saturated heterocycles. The number of carbonyl (C=O) groups is 2. The summed E-state index contributed by atoms with van der Waals surface area (Å²) in [6.07, 6.45) is 4.80. The van der Waals surface area contributed by atoms with Crippen LogP contribution in [0.2, 0.25) is 0 Å². The predicted octanol–water partition coefficient (Wildman–Crippen LogP) is 3.05. The highest BCUT2D eigenvalue weighted by Gasteiger charge is 2.36. The minimum Gasteiger partial charge on any atom is -0.459 e. The zero-order chi connectivity index (χ0) is 20.8. The van der Waals surface area contributed by atoms with Crippen molar-refractivity contribution < 1.29 is 19.1 Å². The Morgan fingerprint density at radius 1 is 0.857 bits per heavy atom. The van der Waals surface area contributed by atoms with Crippen molar-refractivity contribution in [2.45, 2.75) is 84.3 Å². The largest absolute Gasteiger partial charge is 0.459 e. The topological polar surface area (TPSA) is 76.7 Å². The Kier molecular flexibility index (Phi) is 8.31. The fraction of sp³-hybridized carbons (Fsp3) is 0.909. The van der Waals surface area contributed by atoms with E-state index >= 15 is 0 Å². The van der Waals surface area contributed by atoms with Gasteiger partial charge in [0.05, 0.1) is 5.92 Å². The van der Waals surface area contributed by atoms with Crippen LogP contribution in [-0.4, -0.2) is 49.3 Å². The molecule has 0 radical (unpaired) electrons. The molecule has 2 rings (SSSR count). The molecule has 6 heteroatoms. The molecule has 0 aromatic rings. The Hall–Kier alpha value is -1.14. The van der Waals surface area contributed by atoms with Crippen molar-refractivity contribution >= 4 is 11.9 Å². The predicted molar refractivity (Wildman–Crippen MR) is 110 cm³/mol. The van der Waals surface area contributed by atoms with Gasteiger partial charge in [-0.05, 0) is 86.0 Å². The van der Waals surface area contributed by atoms with E-state index in [9.17, 15) is 9.59 Å². The molecule has 0 aromatic carbocycles. The molecule has 2 heterocycles. The van der Waals surface area contributed by atoms with Crippen LogP contribution in [-0.2, 0) is 19.1 Å². The van der Waals surface area contributed by atoms with Crippen LogP contribution in [0.1, 0.15) is 73.1 Å². The van der Waals surface area contributed by atoms with Crippen LogP contribution in [0.15, 0.2) is 0 Å². The summed E-state index contributed by atoms with van der Waals surface area (Å²) in [5, 5.41) is 6.68. The smallest absolute Gasteiger partial charge is 0.309 e. The summed E-state index contributed by atoms with van der Waals surface area (Å²) in [7, 11) is 0. The third kappa shape index (κ3) is 6.73. The second kappa shape index (κ2) is 10.1. The molecular weight excluding hydrogens is 356 g/mol. The van der Waals surface area contributed by atoms with E-state index in [0.717, 1.165) is 51.9 Å². The highest BCUT2D eigenvalue weighted by atomic mass is 16.6. The lowest BCUT2D eigenvalue weighted by Crippen LogP contribution is -2.43. The Bertz CT molecular complexity index is 521. The van der Waals surface area contributed by atoms with Gasteiger partial charge in [0.25, 0.3) is 0 Å². The molecule has 28 heavy (non-hydrogen) atoms. The van der Waals surface area contributed by atoms with Crippen LogP contribution in [0, 0.1) is 17.8 Å². The fourth-order valence-electron chi connectivity index (χ4n) is 4.36. The van der Waals surface area contributed by atoms with E-state index < -0.39 is 11.2 Å². The average Bonchev–Trinajstić information content (AvgIpc) is 2.67. The molecule has 0 amide bonds. The molecule has 2 aliphatic heterocycles. The van der Waals surface area contributed by atoms with Gasteiger partial charge in [0.15, 0.2) is 0 Å². The second-order valence-corrected chi connectivity index (χ2v) is 9.59. The monoisotopic (exact) mass is 396 g/mol. The SMILES string of the molecule is CC(CCC(=O)OC(C)(C)C1CCNCC1)C(=O)OC(C)(C)C1CCNCC1. The number of hydrogen-bond donors (Lipinski definition) is 2. The quantitative estimate of drug-likeness (QED) is 0.614. The van der Waals surface area contributed by atoms with Crippen molar-refractivity contribution in [3.63, 3.8) is 0 Å². The normalized spacial score (nSPS) is 21.2. The van der Waals surface area contributed by atoms with Crippen molar-refractivity contribution in [1.82, 2.24) is 10.6 Å². The lowest BCUT2D eigenvalue weighted by Gasteiger charge is -2.37. The molecule has 2 aliphatic rings. The Morgan fingerprint density at radius 3 is 1.75 bits per heavy atom. The first-order valence-electron chi connectivity index (χ1n) is 11.0. The van der Waals surface area contributed by atoms with E-state index in [1.165, 1.54) is 0 Å². The highest BCUT2D eigenvalue weighted by Crippen LogP contribution is 2.31. The zero-order valence-corrected chi connectivity index (χ0v) is 18.4. The van der Waals surface area contributed by atoms with Gasteiger partial charge in [-0.3, -0.25) is 9.59 Å². The standard InChI is InChI=1S/C22H40N2O4/c1-16(20(26)28-22(4,5)18-10-14-24-15-11-18)6-7-19(25)27-21(2,3)17-8-12-23-13-9-17/h16-18,23-24H,6-15H2,1-5H3. The van der Waals surface area contributed by atoms with Crippen molar-refractivity contribution in [3.05, 3.63) is 0 Å². The molecule has 0 aromatic heterocycles. The fourth-order valence-corrected chi connectivity index (χ4v) is 4.36. The van der Waals surface area contributed by atoms with Crippen LogP contribution in [0.3, 0.4) is 0 Å². The van der Waals surface area contributed by atoms with Gasteiger partial charge in [0.2, 0.25) is 0 Å². The molecule has 1 atom stereocenters. The number of carbonyl (C=O) groups excluding carboxylic acids is 2. The lowest BCUT2D eigenvalue weighted by molar-refractivity contribution is -0.168. The second-order valence-electron chi connectivity index (χ2n) is 9.59. The molecular formula is C22H40N2O4. The number of hydrogen-bond acceptors (Lipinski definition) is 6. The Balaban J connectivity index is 1.76. The van der Waals surface area contributed by atoms with Crippen molar-refractivity contribution in [3.8, 4) is 0 Å². The van der Waals surface area contributed by atoms with Gasteiger partial charge in [-0.15, -0.1) is 0 Å². The minimum atomic E-state index is -0.467. The Morgan fingerprint density at radius 2 is 1.29 bits per heavy atom. The number of esters is 2. The van der Waals surface area contributed by atoms with E-state index in [0.29, 0.717) is 18.3 Å². The minimum absolute atomic E-state index is 0.214. The summed E-state index contributed by atoms with van der Waals surface area (Å²) in [5.74, 6) is 0.0109. The number of rotatable bonds is 8. The highest BCUT2D eigenvalue weighted by molar-refractivity contribution is 5.74. The average molecular weight is 397 g/mol. The number of nitrogens with one attached hydrogen (secondary N) is 2. The van der Waals surface area contributed by atoms with Crippen molar-refractivity contribution in [2.75, 3.05) is 26.2 Å². The van der Waals surface area contributed by atoms with E-state index in [-0.39, 0.29) is 24.3 Å². The van der Waals surface area contributed by atoms with Gasteiger partial charge in [-0.2, -0.15) is 0 Å². The first-order chi connectivity index (χ1) is 13.1. The van der Waals surface area contributed by atoms with Crippen LogP contribution in [0.4, 0.5) is 0 Å². The first-order valence-corrected chi connectivity index (χ1v) is 11.0. The summed E-state index contributed by atoms with van der Waals surface area (Å²) in [4.78, 5) is 24.9. The van der Waals surface area contributed by atoms with Gasteiger partial charge in [0.1, 0.15) is 11.2 Å². The van der Waals surface area contributed by atoms with Gasteiger partial charge >= 0.3 is 11.9 Å². The maximum absolute atomic E-state index is 12.5. The van der Waals surface area contributed by atoms with Crippen molar-refractivity contribution in [1.29, 1.82) is 0 Å². The van der Waals surface area contributed by atoms with Crippen LogP contribution in [0.25, 0.3) is 0 Å². The molecule has 2 N–H and O–H groups in total. The van der Waals surface area contributed by atoms with E-state index in [4.69, 9.17) is 9.47 Å². The summed E-state index contributed by atoms with van der Waals surface area (Å²) in [6.45, 7) is 13.7. The van der Waals surface area contributed by atoms with E-state index in [1.807, 2.05) is 34.6 Å². The molecule has 6 nitrogen and oxygen atoms in total. The maximum atomic E-state index is 12.5. The molecule has 0 bridgehead atoms. The van der Waals surface area contributed by atoms with E-state index in [1.54, 1.807) is 0 Å². The number of piperidine rings is 2. The molecule has 0 saturated carbocycles. The molecule has 1 unspecified atom stereocenters. The maximum Gasteiger partial charge on any atom is 0.309 e. The summed E-state index contributed by atoms with van der Waals surface area (Å²) in [6, 6.07) is 0. The van der Waals surface area contributed by atoms with Crippen LogP contribution < -0.4 is 10.6 Å². The molecule has 0 aliphatic carbocycles. The van der Waals surface area contributed by atoms with Crippen molar-refractivity contribution in [2.24, 2.45) is 17.8 Å². The van der Waals surface area contributed by atoms with Gasteiger partial charge < -0.3 is 20.1 Å². The van der Waals surface area contributed by atoms with E-state index in [2.05, 4.69) is 10.6 Å². The van der Waals surface area contributed by atoms with Gasteiger partial charge in [0, 0.05) is 18.3 Å². The molecule has 2 fully saturated rings. The lowest BCUT2D eigenvalue weighted by atomic mass is 9.83. The zero-order valence-electron chi connectivity index (χ0n) is 18.4. The summed E-state index contributed by atoms with van der Waals surface area (Å²) >= 11 is 0. The number of ether oxygens (including phenoxy) is 2. The van der Waals surface area contributed by atoms with Crippen LogP contribution in [0.5, 0.6) is 0 Å². The first kappa shape index (κ1) is 23.1. The van der Waals surface area contributed by atoms with Crippen LogP contribution >= 0.6 is 0 Å².